The fraction of sp³-hybridized carbons (Fsp3) is 0.375. The number of alkyl halides is 1. The van der Waals surface area contributed by atoms with Crippen LogP contribution < -0.4 is 21.5 Å². The van der Waals surface area contributed by atoms with Crippen LogP contribution in [-0.2, 0) is 40.8 Å². The molecule has 57 heavy (non-hydrogen) atoms. The number of phenolic OH excluding ortho intramolecular Hbond substituents is 1. The maximum absolute atomic E-state index is 13.7. The van der Waals surface area contributed by atoms with Gasteiger partial charge >= 0.3 is 20.8 Å². The van der Waals surface area contributed by atoms with E-state index in [0.717, 1.165) is 0 Å². The summed E-state index contributed by atoms with van der Waals surface area (Å²) in [6.07, 6.45) is 0.0389. The minimum atomic E-state index is -4.67. The molecular formula is C32H39ClN4O18S2. The lowest BCUT2D eigenvalue weighted by atomic mass is 9.54. The van der Waals surface area contributed by atoms with Gasteiger partial charge < -0.3 is 47.1 Å². The number of nitrogen functional groups attached to an aromatic ring is 1. The third-order valence-electron chi connectivity index (χ3n) is 9.20. The molecule has 1 aliphatic heterocycles. The van der Waals surface area contributed by atoms with Crippen LogP contribution in [0, 0.1) is 11.8 Å². The number of carbonyl (C=O) groups is 4. The number of aliphatic hydroxyl groups is 4. The number of amides is 2. The number of Topliss-reactive ketones (excluding diaryl/α,β-unsaturated/α-hetero) is 2. The zero-order valence-electron chi connectivity index (χ0n) is 29.9. The number of nitrogens with one attached hydrogen (secondary N) is 1. The molecule has 6 atom stereocenters. The van der Waals surface area contributed by atoms with Crippen LogP contribution >= 0.6 is 11.6 Å². The molecule has 0 aromatic heterocycles. The summed E-state index contributed by atoms with van der Waals surface area (Å²) >= 11 is 5.58. The van der Waals surface area contributed by atoms with Gasteiger partial charge in [0, 0.05) is 35.4 Å². The molecule has 1 fully saturated rings. The lowest BCUT2D eigenvalue weighted by molar-refractivity contribution is -0.159. The largest absolute Gasteiger partial charge is 0.508 e. The Kier molecular flexibility index (Phi) is 13.8. The number of primary amides is 1. The van der Waals surface area contributed by atoms with Crippen molar-refractivity contribution in [3.63, 3.8) is 0 Å². The van der Waals surface area contributed by atoms with E-state index in [2.05, 4.69) is 5.32 Å². The van der Waals surface area contributed by atoms with Crippen LogP contribution in [0.4, 0.5) is 5.69 Å². The molecule has 25 heteroatoms. The number of nitrogens with two attached hydrogens (primary N) is 2. The summed E-state index contributed by atoms with van der Waals surface area (Å²) in [7, 11) is -6.33. The molecule has 4 aliphatic rings. The molecule has 314 valence electrons. The molecule has 0 saturated heterocycles. The minimum absolute atomic E-state index is 0.168. The summed E-state index contributed by atoms with van der Waals surface area (Å²) in [5.41, 5.74) is 6.05. The molecular weight excluding hydrogens is 828 g/mol. The van der Waals surface area contributed by atoms with E-state index in [4.69, 9.17) is 62.9 Å². The highest BCUT2D eigenvalue weighted by molar-refractivity contribution is 7.80. The number of halogens is 1. The number of carbonyl (C=O) groups excluding carboxylic acids is 4. The molecule has 3 unspecified atom stereocenters. The minimum Gasteiger partial charge on any atom is -0.508 e. The van der Waals surface area contributed by atoms with E-state index in [1.165, 1.54) is 44.1 Å². The number of aromatic hydroxyl groups is 1. The Morgan fingerprint density at radius 2 is 1.56 bits per heavy atom. The van der Waals surface area contributed by atoms with Crippen molar-refractivity contribution in [3.8, 4) is 11.5 Å². The Morgan fingerprint density at radius 3 is 2.07 bits per heavy atom. The monoisotopic (exact) mass is 866 g/mol. The molecule has 2 amide bonds. The summed E-state index contributed by atoms with van der Waals surface area (Å²) in [6, 6.07) is 8.02. The second kappa shape index (κ2) is 16.9. The van der Waals surface area contributed by atoms with Gasteiger partial charge in [0.1, 0.15) is 28.6 Å². The summed E-state index contributed by atoms with van der Waals surface area (Å²) in [4.78, 5) is 51.6. The van der Waals surface area contributed by atoms with E-state index in [1.54, 1.807) is 18.2 Å². The van der Waals surface area contributed by atoms with Crippen molar-refractivity contribution in [1.82, 2.24) is 10.2 Å². The van der Waals surface area contributed by atoms with Crippen LogP contribution in [0.1, 0.15) is 41.3 Å². The van der Waals surface area contributed by atoms with Crippen LogP contribution in [-0.4, -0.2) is 127 Å². The van der Waals surface area contributed by atoms with Gasteiger partial charge in [-0.05, 0) is 57.3 Å². The normalized spacial score (nSPS) is 26.3. The van der Waals surface area contributed by atoms with Gasteiger partial charge in [-0.3, -0.25) is 42.3 Å². The Labute approximate surface area is 329 Å². The van der Waals surface area contributed by atoms with E-state index in [1.807, 2.05) is 0 Å². The van der Waals surface area contributed by atoms with E-state index in [9.17, 15) is 44.7 Å². The van der Waals surface area contributed by atoms with Crippen LogP contribution in [0.5, 0.6) is 11.5 Å². The molecule has 0 bridgehead atoms. The Hall–Kier alpha value is -4.89. The number of ketones is 2. The third kappa shape index (κ3) is 9.98. The number of phenols is 1. The predicted molar refractivity (Wildman–Crippen MR) is 197 cm³/mol. The van der Waals surface area contributed by atoms with Crippen LogP contribution in [0.2, 0.25) is 0 Å². The molecule has 3 aliphatic carbocycles. The van der Waals surface area contributed by atoms with Crippen molar-refractivity contribution >= 4 is 67.2 Å². The smallest absolute Gasteiger partial charge is 0.394 e. The molecule has 2 aromatic carbocycles. The first-order valence-electron chi connectivity index (χ1n) is 16.0. The number of ether oxygens (including phenoxy) is 1. The van der Waals surface area contributed by atoms with Crippen LogP contribution in [0.25, 0.3) is 5.76 Å². The fourth-order valence-electron chi connectivity index (χ4n) is 6.97. The second-order valence-corrected chi connectivity index (χ2v) is 15.3. The topological polar surface area (TPSA) is 395 Å². The van der Waals surface area contributed by atoms with E-state index in [0.29, 0.717) is 29.3 Å². The highest BCUT2D eigenvalue weighted by atomic mass is 35.5. The molecule has 6 rings (SSSR count). The van der Waals surface area contributed by atoms with Gasteiger partial charge in [0.25, 0.3) is 11.8 Å². The van der Waals surface area contributed by atoms with Crippen LogP contribution in [0.3, 0.4) is 0 Å². The molecule has 1 saturated carbocycles. The SMILES string of the molecule is CN(C)[C@H]1C(=O)C(C(N)=O)=C(O)[C@]2(O)C(=O)C3=C(O)c4c(O)cccc4[C@](C)(O)C3CC12.Nc1ccc2c(c1)C(=O)NC(CCCl)O2.O=S(=O)(O)O.O=S(=O)(O)O. The highest BCUT2D eigenvalue weighted by Crippen LogP contribution is 2.57. The van der Waals surface area contributed by atoms with Crippen LogP contribution in [0.15, 0.2) is 53.3 Å². The lowest BCUT2D eigenvalue weighted by Gasteiger charge is -2.53. The number of nitrogens with zero attached hydrogens (tertiary/aromatic N) is 1. The third-order valence-corrected chi connectivity index (χ3v) is 9.42. The summed E-state index contributed by atoms with van der Waals surface area (Å²) < 4.78 is 68.7. The average Bonchev–Trinajstić information content (AvgIpc) is 3.04. The predicted octanol–water partition coefficient (Wildman–Crippen LogP) is -0.331. The number of fused-ring (bicyclic) bond motifs is 4. The Bertz CT molecular complexity index is 2210. The van der Waals surface area contributed by atoms with Gasteiger partial charge in [0.15, 0.2) is 17.6 Å². The first-order chi connectivity index (χ1) is 26.0. The van der Waals surface area contributed by atoms with Gasteiger partial charge in [0.2, 0.25) is 5.78 Å². The zero-order chi connectivity index (χ0) is 43.7. The molecule has 14 N–H and O–H groups in total. The number of rotatable bonds is 4. The number of aliphatic hydroxyl groups excluding tert-OH is 2. The summed E-state index contributed by atoms with van der Waals surface area (Å²) in [5, 5.41) is 57.6. The quantitative estimate of drug-likeness (QED) is 0.0810. The summed E-state index contributed by atoms with van der Waals surface area (Å²) in [5.74, 6) is -7.07. The Morgan fingerprint density at radius 1 is 1.00 bits per heavy atom. The molecule has 2 aromatic rings. The van der Waals surface area contributed by atoms with E-state index < -0.39 is 95.8 Å². The van der Waals surface area contributed by atoms with Crippen molar-refractivity contribution < 1.29 is 84.5 Å². The number of benzene rings is 2. The first-order valence-corrected chi connectivity index (χ1v) is 19.3. The Balaban J connectivity index is 0.000000285. The van der Waals surface area contributed by atoms with E-state index >= 15 is 0 Å². The number of hydrogen-bond donors (Lipinski definition) is 12. The van der Waals surface area contributed by atoms with Gasteiger partial charge in [-0.2, -0.15) is 16.8 Å². The van der Waals surface area contributed by atoms with Crippen molar-refractivity contribution in [2.75, 3.05) is 25.7 Å². The van der Waals surface area contributed by atoms with Gasteiger partial charge in [-0.15, -0.1) is 11.6 Å². The maximum Gasteiger partial charge on any atom is 0.394 e. The lowest BCUT2D eigenvalue weighted by Crippen LogP contribution is -2.67. The van der Waals surface area contributed by atoms with Crippen molar-refractivity contribution in [2.45, 2.75) is 43.2 Å². The van der Waals surface area contributed by atoms with Crippen molar-refractivity contribution in [1.29, 1.82) is 0 Å². The molecule has 1 heterocycles. The first kappa shape index (κ1) is 46.5. The maximum atomic E-state index is 13.7. The van der Waals surface area contributed by atoms with Gasteiger partial charge in [-0.1, -0.05) is 12.1 Å². The number of likely N-dealkylation sites (N-methyl/N-ethyl adjacent to an activating group) is 1. The number of anilines is 1. The van der Waals surface area contributed by atoms with Gasteiger partial charge in [-0.25, -0.2) is 0 Å². The van der Waals surface area contributed by atoms with Crippen molar-refractivity contribution in [3.05, 3.63) is 70.0 Å². The standard InChI is InChI=1S/C22H24N2O8.C10H11ClN2O2.2H2O4S/c1-21(31)8-5-4-6-11(25)12(8)16(26)13-9(21)7-10-15(24(2)3)17(27)14(20(23)30)19(29)22(10,32)18(13)28;11-4-3-9-13-10(14)7-5-6(12)1-2-8(7)15-9;2*1-5(2,3)4/h4-6,9-10,15,25-26,29,31-32H,7H2,1-3H3,(H2,23,30);1-2,5,9H,3-4,12H2,(H,13,14);2*(H2,1,2,3,4)/t9?,10?,15-,21+,22-;;;/m1.../s1. The molecule has 0 spiro atoms. The van der Waals surface area contributed by atoms with E-state index in [-0.39, 0.29) is 29.7 Å². The number of hydrogen-bond acceptors (Lipinski definition) is 16. The van der Waals surface area contributed by atoms with Gasteiger partial charge in [0.05, 0.1) is 22.8 Å². The summed E-state index contributed by atoms with van der Waals surface area (Å²) in [6.45, 7) is 1.40. The molecule has 0 radical (unpaired) electrons. The average molecular weight is 867 g/mol. The van der Waals surface area contributed by atoms with Crippen molar-refractivity contribution in [2.24, 2.45) is 17.6 Å². The highest BCUT2D eigenvalue weighted by Gasteiger charge is 2.66. The zero-order valence-corrected chi connectivity index (χ0v) is 32.3. The fourth-order valence-corrected chi connectivity index (χ4v) is 7.16. The molecule has 22 nitrogen and oxygen atoms in total. The second-order valence-electron chi connectivity index (χ2n) is 13.2.